The van der Waals surface area contributed by atoms with Crippen LogP contribution in [0.4, 0.5) is 6.01 Å². The highest BCUT2D eigenvalue weighted by Gasteiger charge is 2.32. The number of aromatic nitrogens is 3. The van der Waals surface area contributed by atoms with Gasteiger partial charge in [-0.15, -0.1) is 0 Å². The van der Waals surface area contributed by atoms with Gasteiger partial charge in [-0.3, -0.25) is 0 Å². The lowest BCUT2D eigenvalue weighted by Gasteiger charge is -2.32. The summed E-state index contributed by atoms with van der Waals surface area (Å²) in [5, 5.41) is 0. The van der Waals surface area contributed by atoms with Crippen LogP contribution in [0, 0.1) is 6.92 Å². The van der Waals surface area contributed by atoms with Crippen LogP contribution in [0.5, 0.6) is 6.01 Å². The van der Waals surface area contributed by atoms with E-state index >= 15 is 0 Å². The van der Waals surface area contributed by atoms with Crippen molar-refractivity contribution < 1.29 is 18.6 Å². The van der Waals surface area contributed by atoms with Crippen LogP contribution in [0.2, 0.25) is 0 Å². The van der Waals surface area contributed by atoms with Crippen molar-refractivity contribution in [3.8, 4) is 6.01 Å². The van der Waals surface area contributed by atoms with Gasteiger partial charge >= 0.3 is 6.01 Å². The maximum atomic E-state index is 5.86. The summed E-state index contributed by atoms with van der Waals surface area (Å²) in [6.45, 7) is 5.38. The summed E-state index contributed by atoms with van der Waals surface area (Å²) in [6.07, 6.45) is 4.56. The van der Waals surface area contributed by atoms with Crippen molar-refractivity contribution in [2.45, 2.75) is 45.4 Å². The van der Waals surface area contributed by atoms with Crippen molar-refractivity contribution in [2.24, 2.45) is 0 Å². The maximum Gasteiger partial charge on any atom is 0.316 e. The minimum atomic E-state index is -0.406. The summed E-state index contributed by atoms with van der Waals surface area (Å²) in [5.74, 6) is 0. The summed E-state index contributed by atoms with van der Waals surface area (Å²) in [7, 11) is 0. The molecule has 2 aromatic rings. The summed E-state index contributed by atoms with van der Waals surface area (Å²) < 4.78 is 22.3. The second-order valence-electron chi connectivity index (χ2n) is 6.01. The molecule has 0 bridgehead atoms. The van der Waals surface area contributed by atoms with Crippen molar-refractivity contribution in [2.75, 3.05) is 18.0 Å². The van der Waals surface area contributed by atoms with Gasteiger partial charge in [-0.1, -0.05) is 0 Å². The van der Waals surface area contributed by atoms with E-state index in [0.717, 1.165) is 31.6 Å². The number of rotatable bonds is 4. The van der Waals surface area contributed by atoms with E-state index in [0.29, 0.717) is 17.7 Å². The molecule has 2 aliphatic heterocycles. The summed E-state index contributed by atoms with van der Waals surface area (Å²) >= 11 is 0. The molecule has 24 heavy (non-hydrogen) atoms. The molecule has 8 nitrogen and oxygen atoms in total. The molecular formula is C16H20N4O4. The summed E-state index contributed by atoms with van der Waals surface area (Å²) in [6, 6.07) is 2.90. The number of aryl methyl sites for hydroxylation is 1. The molecule has 2 aliphatic rings. The molecule has 2 aromatic heterocycles. The van der Waals surface area contributed by atoms with E-state index in [4.69, 9.17) is 18.6 Å². The zero-order valence-corrected chi connectivity index (χ0v) is 13.7. The van der Waals surface area contributed by atoms with Gasteiger partial charge in [0, 0.05) is 37.8 Å². The fourth-order valence-electron chi connectivity index (χ4n) is 2.82. The van der Waals surface area contributed by atoms with Gasteiger partial charge in [0.25, 0.3) is 6.01 Å². The van der Waals surface area contributed by atoms with Crippen molar-refractivity contribution in [3.63, 3.8) is 0 Å². The third-order valence-corrected chi connectivity index (χ3v) is 4.14. The Labute approximate surface area is 139 Å². The van der Waals surface area contributed by atoms with E-state index in [1.165, 1.54) is 0 Å². The smallest absolute Gasteiger partial charge is 0.316 e. The number of hydrogen-bond donors (Lipinski definition) is 0. The van der Waals surface area contributed by atoms with Gasteiger partial charge in [-0.25, -0.2) is 9.97 Å². The Hall–Kier alpha value is -2.19. The first kappa shape index (κ1) is 15.3. The van der Waals surface area contributed by atoms with Gasteiger partial charge in [0.2, 0.25) is 6.29 Å². The zero-order valence-electron chi connectivity index (χ0n) is 13.7. The maximum absolute atomic E-state index is 5.86. The van der Waals surface area contributed by atoms with E-state index in [9.17, 15) is 0 Å². The highest BCUT2D eigenvalue weighted by molar-refractivity contribution is 5.28. The largest absolute Gasteiger partial charge is 0.460 e. The lowest BCUT2D eigenvalue weighted by molar-refractivity contribution is -0.383. The summed E-state index contributed by atoms with van der Waals surface area (Å²) in [4.78, 5) is 15.0. The van der Waals surface area contributed by atoms with Crippen LogP contribution in [0.3, 0.4) is 0 Å². The van der Waals surface area contributed by atoms with Gasteiger partial charge in [0.05, 0.1) is 0 Å². The van der Waals surface area contributed by atoms with Crippen molar-refractivity contribution in [3.05, 3.63) is 29.9 Å². The molecule has 0 atom stereocenters. The predicted molar refractivity (Wildman–Crippen MR) is 83.5 cm³/mol. The topological polar surface area (TPSA) is 82.7 Å². The van der Waals surface area contributed by atoms with Gasteiger partial charge in [-0.2, -0.15) is 4.98 Å². The number of oxazole rings is 1. The van der Waals surface area contributed by atoms with Crippen LogP contribution in [-0.4, -0.2) is 40.4 Å². The first-order valence-corrected chi connectivity index (χ1v) is 8.15. The van der Waals surface area contributed by atoms with Crippen LogP contribution in [-0.2, 0) is 9.47 Å². The monoisotopic (exact) mass is 332 g/mol. The molecular weight excluding hydrogens is 312 g/mol. The van der Waals surface area contributed by atoms with Crippen LogP contribution in [0.1, 0.15) is 37.4 Å². The van der Waals surface area contributed by atoms with Gasteiger partial charge in [0.1, 0.15) is 18.1 Å². The Balaban J connectivity index is 1.31. The van der Waals surface area contributed by atoms with E-state index in [1.807, 2.05) is 19.9 Å². The first-order chi connectivity index (χ1) is 11.7. The average Bonchev–Trinajstić information content (AvgIpc) is 3.02. The summed E-state index contributed by atoms with van der Waals surface area (Å²) in [5.41, 5.74) is 1.58. The molecule has 0 aromatic carbocycles. The Morgan fingerprint density at radius 1 is 1.21 bits per heavy atom. The molecule has 4 rings (SSSR count). The molecule has 8 heteroatoms. The molecule has 0 amide bonds. The van der Waals surface area contributed by atoms with Gasteiger partial charge < -0.3 is 23.5 Å². The Morgan fingerprint density at radius 2 is 2.00 bits per heavy atom. The lowest BCUT2D eigenvalue weighted by atomic mass is 10.1. The molecule has 0 aliphatic carbocycles. The normalized spacial score (nSPS) is 24.7. The number of nitrogens with zero attached hydrogens (tertiary/aromatic N) is 4. The Bertz CT molecular complexity index is 693. The van der Waals surface area contributed by atoms with Crippen LogP contribution < -0.4 is 9.64 Å². The van der Waals surface area contributed by atoms with E-state index in [-0.39, 0.29) is 12.4 Å². The molecule has 0 unspecified atom stereocenters. The number of anilines is 1. The predicted octanol–water partition coefficient (Wildman–Crippen LogP) is 2.21. The van der Waals surface area contributed by atoms with Gasteiger partial charge in [0.15, 0.2) is 6.29 Å². The molecule has 4 heterocycles. The standard InChI is InChI=1S/C16H20N4O4/c1-10-3-6-17-15(18-10)24-12-4-7-20(8-5-12)16-19-13(9-21-16)14-22-11(2)23-14/h3,6,9,11-12,14H,4-5,7-8H2,1-2H3. The Kier molecular flexibility index (Phi) is 4.07. The van der Waals surface area contributed by atoms with Crippen LogP contribution in [0.15, 0.2) is 22.9 Å². The number of ether oxygens (including phenoxy) is 3. The minimum absolute atomic E-state index is 0.108. The molecule has 0 spiro atoms. The first-order valence-electron chi connectivity index (χ1n) is 8.15. The Morgan fingerprint density at radius 3 is 2.71 bits per heavy atom. The van der Waals surface area contributed by atoms with Crippen LogP contribution >= 0.6 is 0 Å². The third-order valence-electron chi connectivity index (χ3n) is 4.14. The third kappa shape index (κ3) is 3.20. The molecule has 0 radical (unpaired) electrons. The minimum Gasteiger partial charge on any atom is -0.460 e. The zero-order chi connectivity index (χ0) is 16.5. The van der Waals surface area contributed by atoms with Crippen molar-refractivity contribution >= 4 is 6.01 Å². The second-order valence-corrected chi connectivity index (χ2v) is 6.01. The number of hydrogen-bond acceptors (Lipinski definition) is 8. The van der Waals surface area contributed by atoms with Crippen molar-refractivity contribution in [1.82, 2.24) is 15.0 Å². The lowest BCUT2D eigenvalue weighted by Crippen LogP contribution is -2.38. The SMILES string of the molecule is Cc1ccnc(OC2CCN(c3nc(C4OC(C)O4)co3)CC2)n1. The number of piperidine rings is 1. The molecule has 2 saturated heterocycles. The average molecular weight is 332 g/mol. The van der Waals surface area contributed by atoms with E-state index < -0.39 is 6.29 Å². The highest BCUT2D eigenvalue weighted by Crippen LogP contribution is 2.32. The molecule has 0 saturated carbocycles. The fourth-order valence-corrected chi connectivity index (χ4v) is 2.82. The van der Waals surface area contributed by atoms with E-state index in [2.05, 4.69) is 19.9 Å². The molecule has 0 N–H and O–H groups in total. The van der Waals surface area contributed by atoms with Gasteiger partial charge in [-0.05, 0) is 19.9 Å². The van der Waals surface area contributed by atoms with E-state index in [1.54, 1.807) is 12.5 Å². The molecule has 128 valence electrons. The van der Waals surface area contributed by atoms with Crippen LogP contribution in [0.25, 0.3) is 0 Å². The second kappa shape index (κ2) is 6.37. The molecule has 2 fully saturated rings. The highest BCUT2D eigenvalue weighted by atomic mass is 16.9. The quantitative estimate of drug-likeness (QED) is 0.843. The van der Waals surface area contributed by atoms with Crippen molar-refractivity contribution in [1.29, 1.82) is 0 Å². The fraction of sp³-hybridized carbons (Fsp3) is 0.562.